The van der Waals surface area contributed by atoms with E-state index in [1.807, 2.05) is 6.92 Å². The number of aliphatic hydroxyl groups excluding tert-OH is 1. The highest BCUT2D eigenvalue weighted by Crippen LogP contribution is 2.20. The van der Waals surface area contributed by atoms with Gasteiger partial charge in [-0.05, 0) is 12.5 Å². The summed E-state index contributed by atoms with van der Waals surface area (Å²) in [6.07, 6.45) is 2.21. The number of carbonyl (C=O) groups is 1. The summed E-state index contributed by atoms with van der Waals surface area (Å²) >= 11 is 11.5. The quantitative estimate of drug-likeness (QED) is 0.840. The molecule has 0 fully saturated rings. The highest BCUT2D eigenvalue weighted by Gasteiger charge is 2.16. The first-order valence-electron chi connectivity index (χ1n) is 5.31. The molecule has 0 saturated heterocycles. The first-order valence-corrected chi connectivity index (χ1v) is 6.07. The number of amides is 1. The third-order valence-electron chi connectivity index (χ3n) is 2.19. The van der Waals surface area contributed by atoms with Gasteiger partial charge in [0.15, 0.2) is 0 Å². The standard InChI is InChI=1S/C11H14Cl2N2O2/c1-2-3-15(4-5-16)11(17)8-6-9(12)10(13)14-7-8/h6-7,16H,2-5H2,1H3. The van der Waals surface area contributed by atoms with Gasteiger partial charge in [-0.2, -0.15) is 0 Å². The Balaban J connectivity index is 2.88. The van der Waals surface area contributed by atoms with Crippen LogP contribution < -0.4 is 0 Å². The van der Waals surface area contributed by atoms with Gasteiger partial charge in [-0.15, -0.1) is 0 Å². The van der Waals surface area contributed by atoms with Crippen molar-refractivity contribution < 1.29 is 9.90 Å². The predicted octanol–water partition coefficient (Wildman–Crippen LogP) is 2.23. The van der Waals surface area contributed by atoms with Crippen LogP contribution in [-0.4, -0.2) is 40.6 Å². The van der Waals surface area contributed by atoms with Crippen molar-refractivity contribution >= 4 is 29.1 Å². The molecule has 0 unspecified atom stereocenters. The van der Waals surface area contributed by atoms with Crippen molar-refractivity contribution in [1.82, 2.24) is 9.88 Å². The third-order valence-corrected chi connectivity index (χ3v) is 2.88. The molecule has 0 aliphatic carbocycles. The zero-order valence-corrected chi connectivity index (χ0v) is 11.0. The van der Waals surface area contributed by atoms with Gasteiger partial charge in [-0.1, -0.05) is 30.1 Å². The first-order chi connectivity index (χ1) is 8.10. The van der Waals surface area contributed by atoms with Gasteiger partial charge in [0.1, 0.15) is 5.15 Å². The second-order valence-corrected chi connectivity index (χ2v) is 4.28. The number of aliphatic hydroxyl groups is 1. The van der Waals surface area contributed by atoms with Crippen molar-refractivity contribution in [2.24, 2.45) is 0 Å². The monoisotopic (exact) mass is 276 g/mol. The number of carbonyl (C=O) groups excluding carboxylic acids is 1. The summed E-state index contributed by atoms with van der Waals surface area (Å²) in [6, 6.07) is 1.49. The normalized spacial score (nSPS) is 10.4. The Morgan fingerprint density at radius 1 is 1.47 bits per heavy atom. The van der Waals surface area contributed by atoms with E-state index in [9.17, 15) is 4.79 Å². The number of aromatic nitrogens is 1. The summed E-state index contributed by atoms with van der Waals surface area (Å²) in [6.45, 7) is 2.78. The van der Waals surface area contributed by atoms with Gasteiger partial charge >= 0.3 is 0 Å². The van der Waals surface area contributed by atoms with Gasteiger partial charge < -0.3 is 10.0 Å². The lowest BCUT2D eigenvalue weighted by Gasteiger charge is -2.20. The maximum Gasteiger partial charge on any atom is 0.255 e. The lowest BCUT2D eigenvalue weighted by molar-refractivity contribution is 0.0721. The van der Waals surface area contributed by atoms with Crippen LogP contribution in [-0.2, 0) is 0 Å². The molecule has 0 spiro atoms. The van der Waals surface area contributed by atoms with Crippen LogP contribution in [0.15, 0.2) is 12.3 Å². The third kappa shape index (κ3) is 3.84. The fourth-order valence-corrected chi connectivity index (χ4v) is 1.70. The molecule has 6 heteroatoms. The Hall–Kier alpha value is -0.840. The molecule has 1 aromatic rings. The van der Waals surface area contributed by atoms with Gasteiger partial charge in [0.2, 0.25) is 0 Å². The van der Waals surface area contributed by atoms with E-state index < -0.39 is 0 Å². The topological polar surface area (TPSA) is 53.4 Å². The molecule has 0 bridgehead atoms. The van der Waals surface area contributed by atoms with Crippen molar-refractivity contribution in [2.45, 2.75) is 13.3 Å². The van der Waals surface area contributed by atoms with Crippen molar-refractivity contribution in [2.75, 3.05) is 19.7 Å². The van der Waals surface area contributed by atoms with Crippen molar-refractivity contribution in [3.63, 3.8) is 0 Å². The Kier molecular flexibility index (Phi) is 5.68. The molecule has 0 radical (unpaired) electrons. The molecular weight excluding hydrogens is 263 g/mol. The predicted molar refractivity (Wildman–Crippen MR) is 67.5 cm³/mol. The maximum atomic E-state index is 12.1. The largest absolute Gasteiger partial charge is 0.395 e. The Labute approximate surface area is 110 Å². The minimum Gasteiger partial charge on any atom is -0.395 e. The van der Waals surface area contributed by atoms with Gasteiger partial charge in [-0.25, -0.2) is 4.98 Å². The van der Waals surface area contributed by atoms with Gasteiger partial charge in [0.25, 0.3) is 5.91 Å². The molecule has 1 rings (SSSR count). The molecule has 17 heavy (non-hydrogen) atoms. The van der Waals surface area contributed by atoms with Gasteiger partial charge in [-0.3, -0.25) is 4.79 Å². The average molecular weight is 277 g/mol. The van der Waals surface area contributed by atoms with E-state index in [4.69, 9.17) is 28.3 Å². The molecular formula is C11H14Cl2N2O2. The number of hydrogen-bond acceptors (Lipinski definition) is 3. The van der Waals surface area contributed by atoms with Crippen LogP contribution in [0, 0.1) is 0 Å². The summed E-state index contributed by atoms with van der Waals surface area (Å²) < 4.78 is 0. The smallest absolute Gasteiger partial charge is 0.255 e. The second kappa shape index (κ2) is 6.79. The van der Waals surface area contributed by atoms with E-state index >= 15 is 0 Å². The Morgan fingerprint density at radius 2 is 2.18 bits per heavy atom. The summed E-state index contributed by atoms with van der Waals surface area (Å²) in [5.41, 5.74) is 0.376. The minimum atomic E-state index is -0.202. The van der Waals surface area contributed by atoms with Crippen molar-refractivity contribution in [3.05, 3.63) is 28.0 Å². The zero-order chi connectivity index (χ0) is 12.8. The van der Waals surface area contributed by atoms with Gasteiger partial charge in [0, 0.05) is 19.3 Å². The van der Waals surface area contributed by atoms with E-state index in [0.29, 0.717) is 18.7 Å². The molecule has 1 amide bonds. The molecule has 0 aliphatic rings. The van der Waals surface area contributed by atoms with E-state index in [0.717, 1.165) is 6.42 Å². The van der Waals surface area contributed by atoms with Crippen LogP contribution in [0.4, 0.5) is 0 Å². The Bertz CT molecular complexity index is 393. The second-order valence-electron chi connectivity index (χ2n) is 3.51. The molecule has 1 N–H and O–H groups in total. The fourth-order valence-electron chi connectivity index (χ4n) is 1.43. The van der Waals surface area contributed by atoms with Crippen LogP contribution in [0.1, 0.15) is 23.7 Å². The summed E-state index contributed by atoms with van der Waals surface area (Å²) in [5, 5.41) is 9.32. The summed E-state index contributed by atoms with van der Waals surface area (Å²) in [5.74, 6) is -0.202. The number of hydrogen-bond donors (Lipinski definition) is 1. The van der Waals surface area contributed by atoms with E-state index in [1.54, 1.807) is 4.90 Å². The van der Waals surface area contributed by atoms with Crippen molar-refractivity contribution in [1.29, 1.82) is 0 Å². The zero-order valence-electron chi connectivity index (χ0n) is 9.49. The van der Waals surface area contributed by atoms with Crippen LogP contribution in [0.3, 0.4) is 0 Å². The number of nitrogens with zero attached hydrogens (tertiary/aromatic N) is 2. The minimum absolute atomic E-state index is 0.0690. The van der Waals surface area contributed by atoms with Crippen LogP contribution in [0.25, 0.3) is 0 Å². The molecule has 0 aliphatic heterocycles. The van der Waals surface area contributed by atoms with E-state index in [2.05, 4.69) is 4.98 Å². The van der Waals surface area contributed by atoms with Crippen LogP contribution in [0.5, 0.6) is 0 Å². The van der Waals surface area contributed by atoms with Crippen LogP contribution in [0.2, 0.25) is 10.2 Å². The fraction of sp³-hybridized carbons (Fsp3) is 0.455. The highest BCUT2D eigenvalue weighted by atomic mass is 35.5. The summed E-state index contributed by atoms with van der Waals surface area (Å²) in [4.78, 5) is 17.4. The maximum absolute atomic E-state index is 12.1. The van der Waals surface area contributed by atoms with Crippen molar-refractivity contribution in [3.8, 4) is 0 Å². The molecule has 94 valence electrons. The van der Waals surface area contributed by atoms with E-state index in [1.165, 1.54) is 12.3 Å². The molecule has 1 heterocycles. The molecule has 0 aromatic carbocycles. The highest BCUT2D eigenvalue weighted by molar-refractivity contribution is 6.41. The van der Waals surface area contributed by atoms with Crippen LogP contribution >= 0.6 is 23.2 Å². The molecule has 0 atom stereocenters. The lowest BCUT2D eigenvalue weighted by Crippen LogP contribution is -2.34. The average Bonchev–Trinajstić information content (AvgIpc) is 2.31. The number of rotatable bonds is 5. The first kappa shape index (κ1) is 14.2. The molecule has 1 aromatic heterocycles. The number of pyridine rings is 1. The van der Waals surface area contributed by atoms with E-state index in [-0.39, 0.29) is 22.7 Å². The Morgan fingerprint density at radius 3 is 2.71 bits per heavy atom. The molecule has 4 nitrogen and oxygen atoms in total. The summed E-state index contributed by atoms with van der Waals surface area (Å²) in [7, 11) is 0. The SMILES string of the molecule is CCCN(CCO)C(=O)c1cnc(Cl)c(Cl)c1. The lowest BCUT2D eigenvalue weighted by atomic mass is 10.2. The number of halogens is 2. The molecule has 0 saturated carbocycles. The van der Waals surface area contributed by atoms with Gasteiger partial charge in [0.05, 0.1) is 17.2 Å².